The van der Waals surface area contributed by atoms with E-state index in [1.807, 2.05) is 29.6 Å². The van der Waals surface area contributed by atoms with Crippen molar-refractivity contribution < 1.29 is 13.6 Å². The van der Waals surface area contributed by atoms with Gasteiger partial charge in [0.15, 0.2) is 0 Å². The molecule has 4 rings (SSSR count). The maximum Gasteiger partial charge on any atom is 0.257 e. The van der Waals surface area contributed by atoms with Gasteiger partial charge in [-0.15, -0.1) is 11.3 Å². The number of hydrogen-bond donors (Lipinski definition) is 1. The molecule has 3 nitrogen and oxygen atoms in total. The maximum atomic E-state index is 13.9. The van der Waals surface area contributed by atoms with E-state index in [1.54, 1.807) is 11.3 Å². The van der Waals surface area contributed by atoms with Gasteiger partial charge in [0, 0.05) is 23.7 Å². The Morgan fingerprint density at radius 1 is 1.07 bits per heavy atom. The standard InChI is InChI=1S/C21H18F2N2OS/c22-15-6-3-7-16(23)20(15)21(26)24-13-18(19-9-4-12-27-19)25-11-10-14-5-1-2-8-17(14)25/h1-9,12,18H,10-11,13H2,(H,24,26)/t18-/m1/s1. The lowest BCUT2D eigenvalue weighted by Gasteiger charge is -2.30. The van der Waals surface area contributed by atoms with Gasteiger partial charge in [0.05, 0.1) is 6.04 Å². The molecule has 1 atom stereocenters. The molecule has 1 aliphatic rings. The van der Waals surface area contributed by atoms with E-state index in [0.717, 1.165) is 35.7 Å². The van der Waals surface area contributed by atoms with Crippen molar-refractivity contribution in [2.45, 2.75) is 12.5 Å². The van der Waals surface area contributed by atoms with Gasteiger partial charge >= 0.3 is 0 Å². The Hall–Kier alpha value is -2.73. The molecule has 1 amide bonds. The number of rotatable bonds is 5. The van der Waals surface area contributed by atoms with Crippen LogP contribution in [-0.2, 0) is 6.42 Å². The van der Waals surface area contributed by atoms with Crippen molar-refractivity contribution in [1.82, 2.24) is 5.32 Å². The summed E-state index contributed by atoms with van der Waals surface area (Å²) in [7, 11) is 0. The van der Waals surface area contributed by atoms with E-state index < -0.39 is 23.1 Å². The van der Waals surface area contributed by atoms with Crippen molar-refractivity contribution >= 4 is 22.9 Å². The number of benzene rings is 2. The predicted octanol–water partition coefficient (Wildman–Crippen LogP) is 4.56. The van der Waals surface area contributed by atoms with Crippen molar-refractivity contribution in [2.75, 3.05) is 18.0 Å². The van der Waals surface area contributed by atoms with E-state index in [1.165, 1.54) is 11.6 Å². The van der Waals surface area contributed by atoms with Crippen LogP contribution in [0, 0.1) is 11.6 Å². The summed E-state index contributed by atoms with van der Waals surface area (Å²) < 4.78 is 27.8. The quantitative estimate of drug-likeness (QED) is 0.699. The number of thiophene rings is 1. The summed E-state index contributed by atoms with van der Waals surface area (Å²) in [5.41, 5.74) is 1.87. The first-order valence-corrected chi connectivity index (χ1v) is 9.63. The number of nitrogens with zero attached hydrogens (tertiary/aromatic N) is 1. The van der Waals surface area contributed by atoms with Crippen molar-refractivity contribution in [2.24, 2.45) is 0 Å². The Morgan fingerprint density at radius 3 is 2.59 bits per heavy atom. The average Bonchev–Trinajstić information content (AvgIpc) is 3.32. The van der Waals surface area contributed by atoms with Crippen LogP contribution in [0.1, 0.15) is 26.8 Å². The number of carbonyl (C=O) groups is 1. The highest BCUT2D eigenvalue weighted by atomic mass is 32.1. The fraction of sp³-hybridized carbons (Fsp3) is 0.190. The minimum atomic E-state index is -0.855. The fourth-order valence-corrected chi connectivity index (χ4v) is 4.36. The second-order valence-electron chi connectivity index (χ2n) is 6.41. The minimum absolute atomic E-state index is 0.0903. The number of fused-ring (bicyclic) bond motifs is 1. The zero-order valence-corrected chi connectivity index (χ0v) is 15.3. The van der Waals surface area contributed by atoms with Crippen LogP contribution in [0.5, 0.6) is 0 Å². The molecule has 0 saturated carbocycles. The van der Waals surface area contributed by atoms with Crippen LogP contribution in [0.25, 0.3) is 0 Å². The van der Waals surface area contributed by atoms with Crippen molar-refractivity contribution in [3.05, 3.63) is 87.6 Å². The molecular formula is C21H18F2N2OS. The fourth-order valence-electron chi connectivity index (χ4n) is 3.53. The van der Waals surface area contributed by atoms with Gasteiger partial charge in [0.25, 0.3) is 5.91 Å². The van der Waals surface area contributed by atoms with Crippen LogP contribution in [0.15, 0.2) is 60.0 Å². The zero-order chi connectivity index (χ0) is 18.8. The highest BCUT2D eigenvalue weighted by Gasteiger charge is 2.28. The van der Waals surface area contributed by atoms with Gasteiger partial charge in [-0.1, -0.05) is 30.3 Å². The smallest absolute Gasteiger partial charge is 0.257 e. The first kappa shape index (κ1) is 17.7. The van der Waals surface area contributed by atoms with E-state index in [-0.39, 0.29) is 12.6 Å². The first-order chi connectivity index (χ1) is 13.1. The van der Waals surface area contributed by atoms with E-state index in [4.69, 9.17) is 0 Å². The summed E-state index contributed by atoms with van der Waals surface area (Å²) in [6.07, 6.45) is 0.938. The number of hydrogen-bond acceptors (Lipinski definition) is 3. The highest BCUT2D eigenvalue weighted by Crippen LogP contribution is 2.36. The molecule has 0 radical (unpaired) electrons. The summed E-state index contributed by atoms with van der Waals surface area (Å²) in [4.78, 5) is 15.8. The molecule has 0 spiro atoms. The molecule has 1 N–H and O–H groups in total. The number of para-hydroxylation sites is 1. The van der Waals surface area contributed by atoms with Gasteiger partial charge in [-0.3, -0.25) is 4.79 Å². The average molecular weight is 384 g/mol. The third-order valence-corrected chi connectivity index (χ3v) is 5.79. The van der Waals surface area contributed by atoms with Gasteiger partial charge in [0.2, 0.25) is 0 Å². The Kier molecular flexibility index (Phi) is 4.90. The number of anilines is 1. The summed E-state index contributed by atoms with van der Waals surface area (Å²) in [6.45, 7) is 1.10. The van der Waals surface area contributed by atoms with Crippen molar-refractivity contribution in [1.29, 1.82) is 0 Å². The molecule has 1 aromatic heterocycles. The summed E-state index contributed by atoms with van der Waals surface area (Å²) in [5.74, 6) is -2.45. The lowest BCUT2D eigenvalue weighted by atomic mass is 10.1. The molecule has 0 saturated heterocycles. The van der Waals surface area contributed by atoms with Crippen molar-refractivity contribution in [3.63, 3.8) is 0 Å². The second-order valence-corrected chi connectivity index (χ2v) is 7.39. The van der Waals surface area contributed by atoms with Gasteiger partial charge in [0.1, 0.15) is 17.2 Å². The third kappa shape index (κ3) is 3.45. The van der Waals surface area contributed by atoms with Crippen LogP contribution < -0.4 is 10.2 Å². The molecule has 6 heteroatoms. The van der Waals surface area contributed by atoms with E-state index >= 15 is 0 Å². The number of amides is 1. The topological polar surface area (TPSA) is 32.3 Å². The van der Waals surface area contributed by atoms with Crippen LogP contribution in [0.3, 0.4) is 0 Å². The predicted molar refractivity (Wildman–Crippen MR) is 103 cm³/mol. The molecule has 2 aromatic carbocycles. The summed E-state index contributed by atoms with van der Waals surface area (Å²) in [5, 5.41) is 4.71. The van der Waals surface area contributed by atoms with Gasteiger partial charge in [-0.2, -0.15) is 0 Å². The first-order valence-electron chi connectivity index (χ1n) is 8.75. The number of halogens is 2. The van der Waals surface area contributed by atoms with Gasteiger partial charge < -0.3 is 10.2 Å². The zero-order valence-electron chi connectivity index (χ0n) is 14.5. The Morgan fingerprint density at radius 2 is 1.85 bits per heavy atom. The molecule has 27 heavy (non-hydrogen) atoms. The molecule has 0 aliphatic carbocycles. The Bertz CT molecular complexity index is 938. The van der Waals surface area contributed by atoms with Crippen LogP contribution in [0.2, 0.25) is 0 Å². The lowest BCUT2D eigenvalue weighted by Crippen LogP contribution is -2.37. The molecular weight excluding hydrogens is 366 g/mol. The molecule has 2 heterocycles. The van der Waals surface area contributed by atoms with Crippen molar-refractivity contribution in [3.8, 4) is 0 Å². The largest absolute Gasteiger partial charge is 0.361 e. The Balaban J connectivity index is 1.58. The van der Waals surface area contributed by atoms with Crippen LogP contribution in [-0.4, -0.2) is 19.0 Å². The molecule has 0 unspecified atom stereocenters. The van der Waals surface area contributed by atoms with E-state index in [0.29, 0.717) is 0 Å². The molecule has 0 fully saturated rings. The number of nitrogens with one attached hydrogen (secondary N) is 1. The van der Waals surface area contributed by atoms with E-state index in [2.05, 4.69) is 22.3 Å². The molecule has 138 valence electrons. The third-order valence-electron chi connectivity index (χ3n) is 4.82. The van der Waals surface area contributed by atoms with Crippen LogP contribution in [0.4, 0.5) is 14.5 Å². The Labute approximate surface area is 160 Å². The minimum Gasteiger partial charge on any atom is -0.361 e. The molecule has 1 aliphatic heterocycles. The SMILES string of the molecule is O=C(NC[C@H](c1cccs1)N1CCc2ccccc21)c1c(F)cccc1F. The highest BCUT2D eigenvalue weighted by molar-refractivity contribution is 7.10. The molecule has 0 bridgehead atoms. The number of carbonyl (C=O) groups excluding carboxylic acids is 1. The summed E-state index contributed by atoms with van der Waals surface area (Å²) >= 11 is 1.61. The van der Waals surface area contributed by atoms with E-state index in [9.17, 15) is 13.6 Å². The maximum absolute atomic E-state index is 13.9. The normalized spacial score (nSPS) is 14.1. The van der Waals surface area contributed by atoms with Gasteiger partial charge in [-0.05, 0) is 41.6 Å². The molecule has 3 aromatic rings. The second kappa shape index (κ2) is 7.48. The monoisotopic (exact) mass is 384 g/mol. The van der Waals surface area contributed by atoms with Crippen LogP contribution >= 0.6 is 11.3 Å². The van der Waals surface area contributed by atoms with Gasteiger partial charge in [-0.25, -0.2) is 8.78 Å². The summed E-state index contributed by atoms with van der Waals surface area (Å²) in [6, 6.07) is 15.5. The lowest BCUT2D eigenvalue weighted by molar-refractivity contribution is 0.0942.